The van der Waals surface area contributed by atoms with Gasteiger partial charge in [0.05, 0.1) is 19.3 Å². The molecule has 0 aromatic heterocycles. The van der Waals surface area contributed by atoms with E-state index in [0.29, 0.717) is 6.61 Å². The second-order valence-electron chi connectivity index (χ2n) is 10.6. The molecule has 1 N–H and O–H groups in total. The van der Waals surface area contributed by atoms with E-state index in [-0.39, 0.29) is 17.7 Å². The Hall–Kier alpha value is -3.28. The van der Waals surface area contributed by atoms with Gasteiger partial charge in [-0.15, -0.1) is 0 Å². The topological polar surface area (TPSA) is 38.7 Å². The molecule has 0 aliphatic rings. The van der Waals surface area contributed by atoms with Crippen LogP contribution in [0.25, 0.3) is 0 Å². The van der Waals surface area contributed by atoms with Gasteiger partial charge in [-0.1, -0.05) is 154 Å². The molecule has 0 bridgehead atoms. The molecule has 0 unspecified atom stereocenters. The number of aliphatic hydroxyl groups excluding tert-OH is 1. The number of rotatable bonds is 11. The Bertz CT molecular complexity index is 1210. The second-order valence-corrected chi connectivity index (χ2v) is 14.9. The van der Waals surface area contributed by atoms with Gasteiger partial charge in [-0.2, -0.15) is 0 Å². The highest BCUT2D eigenvalue weighted by atomic mass is 28.4. The van der Waals surface area contributed by atoms with Gasteiger partial charge >= 0.3 is 0 Å². The van der Waals surface area contributed by atoms with Crippen molar-refractivity contribution in [2.75, 3.05) is 6.61 Å². The molecule has 0 amide bonds. The molecule has 2 atom stereocenters. The molecule has 0 saturated carbocycles. The summed E-state index contributed by atoms with van der Waals surface area (Å²) >= 11 is 0. The van der Waals surface area contributed by atoms with Gasteiger partial charge in [-0.25, -0.2) is 0 Å². The fourth-order valence-corrected chi connectivity index (χ4v) is 9.50. The van der Waals surface area contributed by atoms with Crippen LogP contribution in [0.3, 0.4) is 0 Å². The van der Waals surface area contributed by atoms with Crippen LogP contribution in [0.5, 0.6) is 0 Å². The quantitative estimate of drug-likeness (QED) is 0.182. The van der Waals surface area contributed by atoms with Crippen molar-refractivity contribution in [2.45, 2.75) is 44.6 Å². The minimum absolute atomic E-state index is 0.148. The van der Waals surface area contributed by atoms with Crippen molar-refractivity contribution in [2.24, 2.45) is 0 Å². The molecule has 0 aliphatic carbocycles. The van der Waals surface area contributed by atoms with Crippen LogP contribution >= 0.6 is 0 Å². The van der Waals surface area contributed by atoms with Crippen LogP contribution in [0.1, 0.15) is 38.0 Å². The van der Waals surface area contributed by atoms with E-state index in [1.807, 2.05) is 66.7 Å². The molecule has 0 spiro atoms. The third-order valence-electron chi connectivity index (χ3n) is 6.80. The Morgan fingerprint density at radius 2 is 1.16 bits per heavy atom. The summed E-state index contributed by atoms with van der Waals surface area (Å²) in [5.41, 5.74) is 2.15. The fourth-order valence-electron chi connectivity index (χ4n) is 4.92. The van der Waals surface area contributed by atoms with Crippen molar-refractivity contribution in [1.82, 2.24) is 0 Å². The Morgan fingerprint density at radius 1 is 0.684 bits per heavy atom. The predicted molar refractivity (Wildman–Crippen MR) is 159 cm³/mol. The summed E-state index contributed by atoms with van der Waals surface area (Å²) in [4.78, 5) is 0. The highest BCUT2D eigenvalue weighted by molar-refractivity contribution is 6.99. The number of benzene rings is 4. The summed E-state index contributed by atoms with van der Waals surface area (Å²) in [6.07, 6.45) is 2.69. The van der Waals surface area contributed by atoms with Crippen LogP contribution in [-0.2, 0) is 15.8 Å². The zero-order valence-electron chi connectivity index (χ0n) is 22.5. The predicted octanol–water partition coefficient (Wildman–Crippen LogP) is 6.44. The summed E-state index contributed by atoms with van der Waals surface area (Å²) in [6, 6.07) is 41.2. The van der Waals surface area contributed by atoms with Gasteiger partial charge in [0.2, 0.25) is 0 Å². The van der Waals surface area contributed by atoms with E-state index in [0.717, 1.165) is 11.1 Å². The maximum Gasteiger partial charge on any atom is 0.261 e. The lowest BCUT2D eigenvalue weighted by Gasteiger charge is -2.43. The molecule has 4 rings (SSSR count). The first-order valence-electron chi connectivity index (χ1n) is 13.2. The zero-order chi connectivity index (χ0) is 26.8. The smallest absolute Gasteiger partial charge is 0.261 e. The molecule has 4 aromatic rings. The van der Waals surface area contributed by atoms with Gasteiger partial charge < -0.3 is 14.3 Å². The van der Waals surface area contributed by atoms with Crippen LogP contribution in [0.15, 0.2) is 133 Å². The third-order valence-corrected chi connectivity index (χ3v) is 11.8. The standard InChI is InChI=1S/C34H38O3Si/c1-34(2,3)38(31-20-12-6-13-21-31,32-22-14-7-15-23-32)37-27-30(35)24-25-33(29-18-10-5-11-19-29)36-26-28-16-8-4-9-17-28/h4-25,30,33,35H,26-27H2,1-3H3/b25-24+/t30-,33+/m0/s1. The number of ether oxygens (including phenoxy) is 1. The normalized spacial score (nSPS) is 13.9. The number of aliphatic hydroxyl groups is 1. The largest absolute Gasteiger partial charge is 0.404 e. The monoisotopic (exact) mass is 522 g/mol. The fraction of sp³-hybridized carbons (Fsp3) is 0.235. The maximum atomic E-state index is 11.1. The van der Waals surface area contributed by atoms with Crippen LogP contribution in [0.2, 0.25) is 5.04 Å². The van der Waals surface area contributed by atoms with Crippen LogP contribution in [0.4, 0.5) is 0 Å². The summed E-state index contributed by atoms with van der Waals surface area (Å²) < 4.78 is 13.2. The summed E-state index contributed by atoms with van der Waals surface area (Å²) in [5, 5.41) is 13.4. The van der Waals surface area contributed by atoms with Gasteiger partial charge in [-0.05, 0) is 26.5 Å². The highest BCUT2D eigenvalue weighted by Gasteiger charge is 2.50. The van der Waals surface area contributed by atoms with E-state index in [1.54, 1.807) is 6.08 Å². The molecule has 0 radical (unpaired) electrons. The van der Waals surface area contributed by atoms with Gasteiger partial charge in [0.1, 0.15) is 6.10 Å². The molecule has 4 heteroatoms. The molecule has 0 saturated heterocycles. The average Bonchev–Trinajstić information content (AvgIpc) is 2.95. The molecule has 0 heterocycles. The van der Waals surface area contributed by atoms with Gasteiger partial charge in [0.25, 0.3) is 8.32 Å². The molecule has 0 fully saturated rings. The third kappa shape index (κ3) is 6.77. The SMILES string of the molecule is CC(C)(C)[Si](OC[C@@H](O)/C=C/[C@@H](OCc1ccccc1)c1ccccc1)(c1ccccc1)c1ccccc1. The summed E-state index contributed by atoms with van der Waals surface area (Å²) in [6.45, 7) is 7.41. The Kier molecular flexibility index (Phi) is 9.48. The molecule has 38 heavy (non-hydrogen) atoms. The van der Waals surface area contributed by atoms with Crippen molar-refractivity contribution in [3.8, 4) is 0 Å². The number of hydrogen-bond acceptors (Lipinski definition) is 3. The van der Waals surface area contributed by atoms with E-state index >= 15 is 0 Å². The first kappa shape index (κ1) is 27.7. The highest BCUT2D eigenvalue weighted by Crippen LogP contribution is 2.36. The molecule has 4 aromatic carbocycles. The van der Waals surface area contributed by atoms with E-state index in [4.69, 9.17) is 9.16 Å². The van der Waals surface area contributed by atoms with E-state index < -0.39 is 14.4 Å². The van der Waals surface area contributed by atoms with Crippen molar-refractivity contribution < 1.29 is 14.3 Å². The van der Waals surface area contributed by atoms with E-state index in [2.05, 4.69) is 81.4 Å². The lowest BCUT2D eigenvalue weighted by Crippen LogP contribution is -2.67. The van der Waals surface area contributed by atoms with Gasteiger partial charge in [-0.3, -0.25) is 0 Å². The van der Waals surface area contributed by atoms with Crippen molar-refractivity contribution in [1.29, 1.82) is 0 Å². The van der Waals surface area contributed by atoms with Gasteiger partial charge in [0, 0.05) is 0 Å². The van der Waals surface area contributed by atoms with E-state index in [1.165, 1.54) is 10.4 Å². The van der Waals surface area contributed by atoms with Crippen LogP contribution in [-0.4, -0.2) is 26.1 Å². The van der Waals surface area contributed by atoms with Gasteiger partial charge in [0.15, 0.2) is 0 Å². The zero-order valence-corrected chi connectivity index (χ0v) is 23.5. The molecule has 196 valence electrons. The van der Waals surface area contributed by atoms with Crippen molar-refractivity contribution in [3.05, 3.63) is 145 Å². The lowest BCUT2D eigenvalue weighted by atomic mass is 10.1. The Balaban J connectivity index is 1.56. The Labute approximate surface area is 228 Å². The average molecular weight is 523 g/mol. The van der Waals surface area contributed by atoms with Crippen LogP contribution < -0.4 is 10.4 Å². The van der Waals surface area contributed by atoms with Crippen molar-refractivity contribution >= 4 is 18.7 Å². The lowest BCUT2D eigenvalue weighted by molar-refractivity contribution is 0.0699. The molecular weight excluding hydrogens is 484 g/mol. The molecule has 0 aliphatic heterocycles. The van der Waals surface area contributed by atoms with Crippen molar-refractivity contribution in [3.63, 3.8) is 0 Å². The second kappa shape index (κ2) is 13.0. The number of hydrogen-bond donors (Lipinski definition) is 1. The minimum Gasteiger partial charge on any atom is -0.404 e. The first-order chi connectivity index (χ1) is 18.4. The van der Waals surface area contributed by atoms with E-state index in [9.17, 15) is 5.11 Å². The molecular formula is C34H38O3Si. The summed E-state index contributed by atoms with van der Waals surface area (Å²) in [7, 11) is -2.72. The summed E-state index contributed by atoms with van der Waals surface area (Å²) in [5.74, 6) is 0. The first-order valence-corrected chi connectivity index (χ1v) is 15.1. The van der Waals surface area contributed by atoms with Crippen LogP contribution in [0, 0.1) is 0 Å². The maximum absolute atomic E-state index is 11.1. The Morgan fingerprint density at radius 3 is 1.66 bits per heavy atom. The minimum atomic E-state index is -2.72. The molecule has 3 nitrogen and oxygen atoms in total.